The van der Waals surface area contributed by atoms with Gasteiger partial charge in [-0.15, -0.1) is 11.3 Å². The first-order valence-electron chi connectivity index (χ1n) is 9.54. The lowest BCUT2D eigenvalue weighted by Crippen LogP contribution is -2.23. The fourth-order valence-corrected chi connectivity index (χ4v) is 4.80. The molecule has 0 aliphatic carbocycles. The summed E-state index contributed by atoms with van der Waals surface area (Å²) in [5.74, 6) is 0. The van der Waals surface area contributed by atoms with Gasteiger partial charge in [0.2, 0.25) is 0 Å². The molecule has 0 amide bonds. The number of rotatable bonds is 3. The highest BCUT2D eigenvalue weighted by molar-refractivity contribution is 7.22. The Hall–Kier alpha value is -3.58. The van der Waals surface area contributed by atoms with E-state index >= 15 is 0 Å². The number of pyridine rings is 1. The zero-order valence-electron chi connectivity index (χ0n) is 16.5. The van der Waals surface area contributed by atoms with Crippen LogP contribution >= 0.6 is 11.3 Å². The summed E-state index contributed by atoms with van der Waals surface area (Å²) in [6.07, 6.45) is 3.29. The third kappa shape index (κ3) is 3.04. The van der Waals surface area contributed by atoms with Crippen LogP contribution < -0.4 is 11.1 Å². The molecule has 0 spiro atoms. The van der Waals surface area contributed by atoms with Gasteiger partial charge >= 0.3 is 0 Å². The Labute approximate surface area is 175 Å². The molecule has 0 radical (unpaired) electrons. The van der Waals surface area contributed by atoms with Crippen LogP contribution in [0.25, 0.3) is 26.3 Å². The molecule has 7 heteroatoms. The van der Waals surface area contributed by atoms with Crippen LogP contribution in [0.3, 0.4) is 0 Å². The molecule has 0 fully saturated rings. The maximum atomic E-state index is 13.2. The predicted molar refractivity (Wildman–Crippen MR) is 119 cm³/mol. The molecule has 0 bridgehead atoms. The Kier molecular flexibility index (Phi) is 4.33. The zero-order chi connectivity index (χ0) is 20.8. The molecule has 0 aliphatic rings. The molecule has 4 aromatic heterocycles. The Morgan fingerprint density at radius 2 is 1.83 bits per heavy atom. The van der Waals surface area contributed by atoms with Crippen LogP contribution in [-0.4, -0.2) is 18.9 Å². The third-order valence-corrected chi connectivity index (χ3v) is 6.40. The summed E-state index contributed by atoms with van der Waals surface area (Å²) in [5, 5.41) is 0.620. The molecule has 0 saturated carbocycles. The maximum absolute atomic E-state index is 13.2. The molecule has 4 heterocycles. The first-order valence-corrected chi connectivity index (χ1v) is 10.4. The number of fused-ring (bicyclic) bond motifs is 2. The molecule has 5 aromatic rings. The van der Waals surface area contributed by atoms with Gasteiger partial charge in [0, 0.05) is 17.1 Å². The fraction of sp³-hybridized carbons (Fsp3) is 0.130. The van der Waals surface area contributed by atoms with E-state index in [0.717, 1.165) is 26.4 Å². The van der Waals surface area contributed by atoms with Gasteiger partial charge in [0.05, 0.1) is 24.0 Å². The van der Waals surface area contributed by atoms with Gasteiger partial charge in [0.25, 0.3) is 11.1 Å². The van der Waals surface area contributed by atoms with Gasteiger partial charge in [-0.3, -0.25) is 18.6 Å². The molecule has 6 nitrogen and oxygen atoms in total. The molecule has 1 aromatic carbocycles. The van der Waals surface area contributed by atoms with Crippen molar-refractivity contribution in [1.29, 1.82) is 0 Å². The summed E-state index contributed by atoms with van der Waals surface area (Å²) < 4.78 is 3.03. The molecule has 0 atom stereocenters. The standard InChI is InChI=1S/C23H18N4O2S/c1-14-8-9-18-25-17(10-19(28)27(18)11-14)12-26-13-24-22-20(23(26)29)15(2)21(30-22)16-6-4-3-5-7-16/h3-11,13H,12H2,1-2H3. The van der Waals surface area contributed by atoms with Gasteiger partial charge in [-0.1, -0.05) is 36.4 Å². The monoisotopic (exact) mass is 414 g/mol. The van der Waals surface area contributed by atoms with Gasteiger partial charge in [-0.25, -0.2) is 9.97 Å². The molecular weight excluding hydrogens is 396 g/mol. The van der Waals surface area contributed by atoms with E-state index in [1.807, 2.05) is 50.2 Å². The van der Waals surface area contributed by atoms with Crippen molar-refractivity contribution in [3.8, 4) is 10.4 Å². The van der Waals surface area contributed by atoms with E-state index < -0.39 is 0 Å². The second-order valence-corrected chi connectivity index (χ2v) is 8.30. The van der Waals surface area contributed by atoms with Crippen molar-refractivity contribution in [3.63, 3.8) is 0 Å². The average molecular weight is 414 g/mol. The summed E-state index contributed by atoms with van der Waals surface area (Å²) >= 11 is 1.52. The van der Waals surface area contributed by atoms with Crippen LogP contribution in [0.5, 0.6) is 0 Å². The lowest BCUT2D eigenvalue weighted by molar-refractivity contribution is 0.727. The summed E-state index contributed by atoms with van der Waals surface area (Å²) in [6, 6.07) is 15.2. The highest BCUT2D eigenvalue weighted by atomic mass is 32.1. The van der Waals surface area contributed by atoms with Crippen LogP contribution in [0.4, 0.5) is 0 Å². The SMILES string of the molecule is Cc1ccc2nc(Cn3cnc4sc(-c5ccccc5)c(C)c4c3=O)cc(=O)n2c1. The van der Waals surface area contributed by atoms with Gasteiger partial charge in [0.1, 0.15) is 10.5 Å². The van der Waals surface area contributed by atoms with E-state index in [2.05, 4.69) is 9.97 Å². The normalized spacial score (nSPS) is 11.4. The summed E-state index contributed by atoms with van der Waals surface area (Å²) in [6.45, 7) is 4.07. The van der Waals surface area contributed by atoms with E-state index in [4.69, 9.17) is 0 Å². The Bertz CT molecular complexity index is 1530. The number of aromatic nitrogens is 4. The summed E-state index contributed by atoms with van der Waals surface area (Å²) in [5.41, 5.74) is 3.78. The summed E-state index contributed by atoms with van der Waals surface area (Å²) in [7, 11) is 0. The van der Waals surface area contributed by atoms with E-state index in [-0.39, 0.29) is 17.7 Å². The van der Waals surface area contributed by atoms with Gasteiger partial charge in [-0.05, 0) is 36.6 Å². The van der Waals surface area contributed by atoms with Crippen molar-refractivity contribution in [2.75, 3.05) is 0 Å². The van der Waals surface area contributed by atoms with Crippen LogP contribution in [0.1, 0.15) is 16.8 Å². The minimum absolute atomic E-state index is 0.123. The number of benzene rings is 1. The number of aryl methyl sites for hydroxylation is 2. The van der Waals surface area contributed by atoms with Gasteiger partial charge < -0.3 is 0 Å². The molecule has 0 aliphatic heterocycles. The lowest BCUT2D eigenvalue weighted by Gasteiger charge is -2.07. The van der Waals surface area contributed by atoms with E-state index in [0.29, 0.717) is 16.7 Å². The highest BCUT2D eigenvalue weighted by Crippen LogP contribution is 2.35. The number of thiophene rings is 1. The molecule has 5 rings (SSSR count). The van der Waals surface area contributed by atoms with Crippen molar-refractivity contribution >= 4 is 27.2 Å². The van der Waals surface area contributed by atoms with Crippen molar-refractivity contribution in [2.45, 2.75) is 20.4 Å². The van der Waals surface area contributed by atoms with Gasteiger partial charge in [-0.2, -0.15) is 0 Å². The second kappa shape index (κ2) is 7.03. The third-order valence-electron chi connectivity index (χ3n) is 5.15. The Balaban J connectivity index is 1.60. The average Bonchev–Trinajstić information content (AvgIpc) is 3.08. The van der Waals surface area contributed by atoms with Crippen molar-refractivity contribution < 1.29 is 0 Å². The highest BCUT2D eigenvalue weighted by Gasteiger charge is 2.16. The van der Waals surface area contributed by atoms with Crippen molar-refractivity contribution in [2.24, 2.45) is 0 Å². The van der Waals surface area contributed by atoms with Crippen LogP contribution in [-0.2, 0) is 6.54 Å². The zero-order valence-corrected chi connectivity index (χ0v) is 17.3. The quantitative estimate of drug-likeness (QED) is 0.450. The molecule has 30 heavy (non-hydrogen) atoms. The minimum Gasteiger partial charge on any atom is -0.293 e. The number of nitrogens with zero attached hydrogens (tertiary/aromatic N) is 4. The minimum atomic E-state index is -0.168. The largest absolute Gasteiger partial charge is 0.293 e. The first-order chi connectivity index (χ1) is 14.5. The molecule has 0 unspecified atom stereocenters. The van der Waals surface area contributed by atoms with Crippen molar-refractivity contribution in [3.05, 3.63) is 98.6 Å². The fourth-order valence-electron chi connectivity index (χ4n) is 3.65. The number of hydrogen-bond acceptors (Lipinski definition) is 5. The van der Waals surface area contributed by atoms with Gasteiger partial charge in [0.15, 0.2) is 0 Å². The first kappa shape index (κ1) is 18.4. The Morgan fingerprint density at radius 3 is 2.63 bits per heavy atom. The summed E-state index contributed by atoms with van der Waals surface area (Å²) in [4.78, 5) is 36.5. The van der Waals surface area contributed by atoms with E-state index in [9.17, 15) is 9.59 Å². The van der Waals surface area contributed by atoms with Crippen molar-refractivity contribution in [1.82, 2.24) is 18.9 Å². The maximum Gasteiger partial charge on any atom is 0.262 e. The van der Waals surface area contributed by atoms with Crippen LogP contribution in [0.15, 0.2) is 70.6 Å². The van der Waals surface area contributed by atoms with Crippen LogP contribution in [0, 0.1) is 13.8 Å². The van der Waals surface area contributed by atoms with E-state index in [1.54, 1.807) is 12.3 Å². The molecule has 0 saturated heterocycles. The lowest BCUT2D eigenvalue weighted by atomic mass is 10.1. The topological polar surface area (TPSA) is 69.3 Å². The van der Waals surface area contributed by atoms with E-state index in [1.165, 1.54) is 32.7 Å². The molecular formula is C23H18N4O2S. The van der Waals surface area contributed by atoms with Crippen LogP contribution in [0.2, 0.25) is 0 Å². The Morgan fingerprint density at radius 1 is 1.03 bits per heavy atom. The molecule has 148 valence electrons. The second-order valence-electron chi connectivity index (χ2n) is 7.30. The predicted octanol–water partition coefficient (Wildman–Crippen LogP) is 3.80. The smallest absolute Gasteiger partial charge is 0.262 e. The molecule has 0 N–H and O–H groups in total. The number of hydrogen-bond donors (Lipinski definition) is 0.